The normalized spacial score (nSPS) is 10.5. The summed E-state index contributed by atoms with van der Waals surface area (Å²) in [6, 6.07) is 17.0. The number of rotatable bonds is 2. The van der Waals surface area contributed by atoms with Gasteiger partial charge in [0, 0.05) is 11.1 Å². The summed E-state index contributed by atoms with van der Waals surface area (Å²) in [7, 11) is 0. The van der Waals surface area contributed by atoms with Gasteiger partial charge in [-0.2, -0.15) is 0 Å². The maximum atomic E-state index is 12.4. The quantitative estimate of drug-likeness (QED) is 0.754. The molecule has 0 aliphatic rings. The SMILES string of the molecule is Cc1cccc(NC(=O)c2cc3ccccc3nc2N)c1. The Kier molecular flexibility index (Phi) is 3.28. The molecule has 2 aromatic carbocycles. The van der Waals surface area contributed by atoms with Crippen molar-refractivity contribution in [2.75, 3.05) is 11.1 Å². The molecule has 0 bridgehead atoms. The molecule has 0 aliphatic heterocycles. The standard InChI is InChI=1S/C17H15N3O/c1-11-5-4-7-13(9-11)19-17(21)14-10-12-6-2-3-8-15(12)20-16(14)18/h2-10H,1H3,(H2,18,20)(H,19,21). The second-order valence-corrected chi connectivity index (χ2v) is 4.94. The highest BCUT2D eigenvalue weighted by molar-refractivity contribution is 6.09. The van der Waals surface area contributed by atoms with Crippen molar-refractivity contribution < 1.29 is 4.79 Å². The number of benzene rings is 2. The van der Waals surface area contributed by atoms with Crippen molar-refractivity contribution in [3.63, 3.8) is 0 Å². The number of carbonyl (C=O) groups excluding carboxylic acids is 1. The van der Waals surface area contributed by atoms with Crippen LogP contribution in [0.15, 0.2) is 54.6 Å². The minimum absolute atomic E-state index is 0.235. The largest absolute Gasteiger partial charge is 0.383 e. The predicted molar refractivity (Wildman–Crippen MR) is 85.3 cm³/mol. The number of para-hydroxylation sites is 1. The number of nitrogens with two attached hydrogens (primary N) is 1. The van der Waals surface area contributed by atoms with Gasteiger partial charge in [0.15, 0.2) is 0 Å². The van der Waals surface area contributed by atoms with Gasteiger partial charge < -0.3 is 11.1 Å². The molecule has 4 heteroatoms. The van der Waals surface area contributed by atoms with Crippen molar-refractivity contribution in [2.45, 2.75) is 6.92 Å². The summed E-state index contributed by atoms with van der Waals surface area (Å²) in [6.45, 7) is 1.97. The van der Waals surface area contributed by atoms with Crippen LogP contribution < -0.4 is 11.1 Å². The van der Waals surface area contributed by atoms with E-state index >= 15 is 0 Å². The van der Waals surface area contributed by atoms with Crippen LogP contribution in [0, 0.1) is 6.92 Å². The molecule has 0 fully saturated rings. The van der Waals surface area contributed by atoms with E-state index in [1.807, 2.05) is 55.5 Å². The molecule has 0 saturated heterocycles. The molecular weight excluding hydrogens is 262 g/mol. The van der Waals surface area contributed by atoms with E-state index in [-0.39, 0.29) is 11.7 Å². The van der Waals surface area contributed by atoms with E-state index in [1.165, 1.54) is 0 Å². The van der Waals surface area contributed by atoms with Gasteiger partial charge in [-0.15, -0.1) is 0 Å². The molecule has 3 rings (SSSR count). The Morgan fingerprint density at radius 1 is 1.10 bits per heavy atom. The molecule has 3 aromatic rings. The third-order valence-electron chi connectivity index (χ3n) is 3.27. The molecule has 0 spiro atoms. The minimum Gasteiger partial charge on any atom is -0.383 e. The summed E-state index contributed by atoms with van der Waals surface area (Å²) in [6.07, 6.45) is 0. The number of nitrogens with one attached hydrogen (secondary N) is 1. The van der Waals surface area contributed by atoms with Crippen molar-refractivity contribution >= 4 is 28.3 Å². The van der Waals surface area contributed by atoms with Crippen LogP contribution in [0.1, 0.15) is 15.9 Å². The molecule has 1 heterocycles. The van der Waals surface area contributed by atoms with Crippen molar-refractivity contribution in [1.29, 1.82) is 0 Å². The summed E-state index contributed by atoms with van der Waals surface area (Å²) in [5.41, 5.74) is 8.89. The molecule has 1 aromatic heterocycles. The van der Waals surface area contributed by atoms with Crippen LogP contribution in [0.25, 0.3) is 10.9 Å². The molecule has 4 nitrogen and oxygen atoms in total. The predicted octanol–water partition coefficient (Wildman–Crippen LogP) is 3.38. The van der Waals surface area contributed by atoms with Gasteiger partial charge >= 0.3 is 0 Å². The molecule has 3 N–H and O–H groups in total. The lowest BCUT2D eigenvalue weighted by Gasteiger charge is -2.09. The van der Waals surface area contributed by atoms with E-state index in [1.54, 1.807) is 6.07 Å². The first-order valence-corrected chi connectivity index (χ1v) is 6.67. The van der Waals surface area contributed by atoms with Crippen molar-refractivity contribution in [3.8, 4) is 0 Å². The van der Waals surface area contributed by atoms with Crippen LogP contribution in [0.3, 0.4) is 0 Å². The van der Waals surface area contributed by atoms with Crippen LogP contribution in [0.4, 0.5) is 11.5 Å². The fourth-order valence-electron chi connectivity index (χ4n) is 2.23. The molecule has 0 atom stereocenters. The van der Waals surface area contributed by atoms with E-state index in [2.05, 4.69) is 10.3 Å². The summed E-state index contributed by atoms with van der Waals surface area (Å²) in [5.74, 6) is -0.0183. The maximum Gasteiger partial charge on any atom is 0.259 e. The van der Waals surface area contributed by atoms with E-state index in [0.717, 1.165) is 22.2 Å². The smallest absolute Gasteiger partial charge is 0.259 e. The molecule has 0 unspecified atom stereocenters. The number of pyridine rings is 1. The molecule has 104 valence electrons. The molecule has 0 radical (unpaired) electrons. The van der Waals surface area contributed by atoms with Gasteiger partial charge in [0.2, 0.25) is 0 Å². The highest BCUT2D eigenvalue weighted by Gasteiger charge is 2.12. The van der Waals surface area contributed by atoms with Crippen LogP contribution >= 0.6 is 0 Å². The van der Waals surface area contributed by atoms with Gasteiger partial charge in [-0.1, -0.05) is 30.3 Å². The number of aromatic nitrogens is 1. The van der Waals surface area contributed by atoms with Crippen LogP contribution in [-0.2, 0) is 0 Å². The number of fused-ring (bicyclic) bond motifs is 1. The monoisotopic (exact) mass is 277 g/mol. The van der Waals surface area contributed by atoms with Crippen molar-refractivity contribution in [2.24, 2.45) is 0 Å². The number of carbonyl (C=O) groups is 1. The number of anilines is 2. The van der Waals surface area contributed by atoms with Crippen LogP contribution in [0.5, 0.6) is 0 Å². The average molecular weight is 277 g/mol. The number of nitrogen functional groups attached to an aromatic ring is 1. The summed E-state index contributed by atoms with van der Waals surface area (Å²) < 4.78 is 0. The zero-order valence-corrected chi connectivity index (χ0v) is 11.6. The van der Waals surface area contributed by atoms with Gasteiger partial charge in [-0.3, -0.25) is 4.79 Å². The van der Waals surface area contributed by atoms with Crippen molar-refractivity contribution in [3.05, 3.63) is 65.7 Å². The lowest BCUT2D eigenvalue weighted by atomic mass is 10.1. The Labute approximate surface area is 122 Å². The van der Waals surface area contributed by atoms with Crippen LogP contribution in [0.2, 0.25) is 0 Å². The zero-order valence-electron chi connectivity index (χ0n) is 11.6. The molecule has 1 amide bonds. The van der Waals surface area contributed by atoms with E-state index in [0.29, 0.717) is 5.56 Å². The Morgan fingerprint density at radius 2 is 1.90 bits per heavy atom. The fraction of sp³-hybridized carbons (Fsp3) is 0.0588. The maximum absolute atomic E-state index is 12.4. The van der Waals surface area contributed by atoms with E-state index < -0.39 is 0 Å². The third kappa shape index (κ3) is 2.69. The average Bonchev–Trinajstić information content (AvgIpc) is 2.46. The highest BCUT2D eigenvalue weighted by atomic mass is 16.1. The Bertz CT molecular complexity index is 827. The zero-order chi connectivity index (χ0) is 14.8. The topological polar surface area (TPSA) is 68.0 Å². The van der Waals surface area contributed by atoms with Gasteiger partial charge in [0.1, 0.15) is 5.82 Å². The molecular formula is C17H15N3O. The minimum atomic E-state index is -0.253. The second-order valence-electron chi connectivity index (χ2n) is 4.94. The Hall–Kier alpha value is -2.88. The Balaban J connectivity index is 1.96. The third-order valence-corrected chi connectivity index (χ3v) is 3.27. The number of amides is 1. The number of hydrogen-bond acceptors (Lipinski definition) is 3. The molecule has 0 aliphatic carbocycles. The molecule has 21 heavy (non-hydrogen) atoms. The second kappa shape index (κ2) is 5.25. The fourth-order valence-corrected chi connectivity index (χ4v) is 2.23. The molecule has 0 saturated carbocycles. The van der Waals surface area contributed by atoms with E-state index in [9.17, 15) is 4.79 Å². The first-order valence-electron chi connectivity index (χ1n) is 6.67. The first kappa shape index (κ1) is 13.1. The van der Waals surface area contributed by atoms with Gasteiger partial charge in [0.05, 0.1) is 11.1 Å². The van der Waals surface area contributed by atoms with Crippen LogP contribution in [-0.4, -0.2) is 10.9 Å². The van der Waals surface area contributed by atoms with Crippen molar-refractivity contribution in [1.82, 2.24) is 4.98 Å². The van der Waals surface area contributed by atoms with Gasteiger partial charge in [-0.05, 0) is 36.8 Å². The van der Waals surface area contributed by atoms with E-state index in [4.69, 9.17) is 5.73 Å². The summed E-state index contributed by atoms with van der Waals surface area (Å²) >= 11 is 0. The number of hydrogen-bond donors (Lipinski definition) is 2. The highest BCUT2D eigenvalue weighted by Crippen LogP contribution is 2.20. The Morgan fingerprint density at radius 3 is 2.71 bits per heavy atom. The van der Waals surface area contributed by atoms with Gasteiger partial charge in [0.25, 0.3) is 5.91 Å². The first-order chi connectivity index (χ1) is 10.1. The summed E-state index contributed by atoms with van der Waals surface area (Å²) in [5, 5.41) is 3.74. The lowest BCUT2D eigenvalue weighted by Crippen LogP contribution is -2.15. The number of nitrogens with zero attached hydrogens (tertiary/aromatic N) is 1. The van der Waals surface area contributed by atoms with Gasteiger partial charge in [-0.25, -0.2) is 4.98 Å². The lowest BCUT2D eigenvalue weighted by molar-refractivity contribution is 0.102. The number of aryl methyl sites for hydroxylation is 1. The summed E-state index contributed by atoms with van der Waals surface area (Å²) in [4.78, 5) is 16.6.